The molecular formula is C20H24N4O3S3. The van der Waals surface area contributed by atoms with Gasteiger partial charge in [0.2, 0.25) is 5.91 Å². The fourth-order valence-corrected chi connectivity index (χ4v) is 5.35. The number of carbonyl (C=O) groups is 2. The SMILES string of the molecule is CCOC(=O)c1cc(CC)sc1NC(=O)CSc1nnc(-c2csc(C)c2C)n1C. The molecule has 3 aromatic rings. The summed E-state index contributed by atoms with van der Waals surface area (Å²) in [6, 6.07) is 1.78. The highest BCUT2D eigenvalue weighted by molar-refractivity contribution is 7.99. The van der Waals surface area contributed by atoms with Crippen LogP contribution in [0, 0.1) is 13.8 Å². The van der Waals surface area contributed by atoms with E-state index in [9.17, 15) is 9.59 Å². The van der Waals surface area contributed by atoms with Gasteiger partial charge >= 0.3 is 5.97 Å². The number of nitrogens with one attached hydrogen (secondary N) is 1. The smallest absolute Gasteiger partial charge is 0.341 e. The second-order valence-corrected chi connectivity index (χ2v) is 9.73. The van der Waals surface area contributed by atoms with Crippen LogP contribution in [0.3, 0.4) is 0 Å². The van der Waals surface area contributed by atoms with Gasteiger partial charge in [-0.15, -0.1) is 32.9 Å². The summed E-state index contributed by atoms with van der Waals surface area (Å²) in [6.45, 7) is 8.21. The maximum Gasteiger partial charge on any atom is 0.341 e. The first-order valence-corrected chi connectivity index (χ1v) is 12.2. The first kappa shape index (κ1) is 22.5. The minimum atomic E-state index is -0.421. The lowest BCUT2D eigenvalue weighted by molar-refractivity contribution is -0.113. The largest absolute Gasteiger partial charge is 0.462 e. The van der Waals surface area contributed by atoms with Crippen molar-refractivity contribution >= 4 is 51.3 Å². The molecule has 0 bridgehead atoms. The third-order valence-corrected chi connectivity index (χ3v) is 7.80. The van der Waals surface area contributed by atoms with Crippen molar-refractivity contribution < 1.29 is 14.3 Å². The lowest BCUT2D eigenvalue weighted by atomic mass is 10.2. The summed E-state index contributed by atoms with van der Waals surface area (Å²) in [7, 11) is 1.90. The fraction of sp³-hybridized carbons (Fsp3) is 0.400. The Balaban J connectivity index is 1.68. The van der Waals surface area contributed by atoms with E-state index in [1.807, 2.05) is 18.5 Å². The van der Waals surface area contributed by atoms with Crippen LogP contribution in [0.5, 0.6) is 0 Å². The minimum absolute atomic E-state index is 0.162. The Kier molecular flexibility index (Phi) is 7.32. The second kappa shape index (κ2) is 9.76. The number of nitrogens with zero attached hydrogens (tertiary/aromatic N) is 3. The molecule has 3 aromatic heterocycles. The molecule has 0 aliphatic carbocycles. The van der Waals surface area contributed by atoms with Crippen LogP contribution in [0.1, 0.15) is 39.5 Å². The Labute approximate surface area is 187 Å². The first-order valence-electron chi connectivity index (χ1n) is 9.52. The summed E-state index contributed by atoms with van der Waals surface area (Å²) in [6.07, 6.45) is 0.783. The molecule has 0 atom stereocenters. The van der Waals surface area contributed by atoms with Crippen LogP contribution in [0.2, 0.25) is 0 Å². The molecule has 0 radical (unpaired) electrons. The Bertz CT molecular complexity index is 1070. The number of aryl methyl sites for hydroxylation is 2. The van der Waals surface area contributed by atoms with E-state index < -0.39 is 5.97 Å². The summed E-state index contributed by atoms with van der Waals surface area (Å²) >= 11 is 4.39. The van der Waals surface area contributed by atoms with Gasteiger partial charge in [0.05, 0.1) is 17.9 Å². The second-order valence-electron chi connectivity index (χ2n) is 6.56. The number of carbonyl (C=O) groups excluding carboxylic acids is 2. The number of ether oxygens (including phenoxy) is 1. The Morgan fingerprint density at radius 2 is 2.03 bits per heavy atom. The molecule has 3 heterocycles. The van der Waals surface area contributed by atoms with Gasteiger partial charge in [-0.05, 0) is 38.8 Å². The molecule has 0 spiro atoms. The van der Waals surface area contributed by atoms with Gasteiger partial charge in [0.1, 0.15) is 5.00 Å². The minimum Gasteiger partial charge on any atom is -0.462 e. The number of hydrogen-bond acceptors (Lipinski definition) is 8. The maximum absolute atomic E-state index is 12.5. The molecule has 0 aliphatic heterocycles. The lowest BCUT2D eigenvalue weighted by Gasteiger charge is -2.06. The Morgan fingerprint density at radius 3 is 2.67 bits per heavy atom. The molecule has 30 heavy (non-hydrogen) atoms. The van der Waals surface area contributed by atoms with Crippen molar-refractivity contribution in [1.82, 2.24) is 14.8 Å². The normalized spacial score (nSPS) is 11.0. The van der Waals surface area contributed by atoms with Crippen LogP contribution in [0.4, 0.5) is 5.00 Å². The highest BCUT2D eigenvalue weighted by atomic mass is 32.2. The van der Waals surface area contributed by atoms with Crippen LogP contribution in [0.15, 0.2) is 16.6 Å². The molecular weight excluding hydrogens is 440 g/mol. The predicted molar refractivity (Wildman–Crippen MR) is 123 cm³/mol. The molecule has 160 valence electrons. The van der Waals surface area contributed by atoms with Gasteiger partial charge in [-0.1, -0.05) is 18.7 Å². The fourth-order valence-electron chi connectivity index (χ4n) is 2.77. The van der Waals surface area contributed by atoms with Gasteiger partial charge in [-0.2, -0.15) is 0 Å². The number of amides is 1. The van der Waals surface area contributed by atoms with E-state index >= 15 is 0 Å². The molecule has 0 aromatic carbocycles. The van der Waals surface area contributed by atoms with Crippen molar-refractivity contribution in [3.63, 3.8) is 0 Å². The molecule has 0 unspecified atom stereocenters. The van der Waals surface area contributed by atoms with Crippen molar-refractivity contribution in [1.29, 1.82) is 0 Å². The molecule has 1 N–H and O–H groups in total. The van der Waals surface area contributed by atoms with E-state index in [0.717, 1.165) is 22.7 Å². The van der Waals surface area contributed by atoms with E-state index in [2.05, 4.69) is 34.7 Å². The highest BCUT2D eigenvalue weighted by Crippen LogP contribution is 2.32. The average molecular weight is 465 g/mol. The number of thiophene rings is 2. The van der Waals surface area contributed by atoms with E-state index in [0.29, 0.717) is 15.7 Å². The van der Waals surface area contributed by atoms with Crippen LogP contribution < -0.4 is 5.32 Å². The van der Waals surface area contributed by atoms with E-state index in [-0.39, 0.29) is 18.3 Å². The lowest BCUT2D eigenvalue weighted by Crippen LogP contribution is -2.16. The van der Waals surface area contributed by atoms with E-state index in [1.165, 1.54) is 33.5 Å². The van der Waals surface area contributed by atoms with Gasteiger partial charge < -0.3 is 14.6 Å². The zero-order valence-corrected chi connectivity index (χ0v) is 20.0. The van der Waals surface area contributed by atoms with Crippen LogP contribution in [-0.2, 0) is 23.0 Å². The number of esters is 1. The van der Waals surface area contributed by atoms with Crippen molar-refractivity contribution in [2.45, 2.75) is 39.3 Å². The highest BCUT2D eigenvalue weighted by Gasteiger charge is 2.20. The van der Waals surface area contributed by atoms with E-state index in [1.54, 1.807) is 24.3 Å². The molecule has 0 fully saturated rings. The number of thioether (sulfide) groups is 1. The molecule has 7 nitrogen and oxygen atoms in total. The molecule has 0 saturated heterocycles. The monoisotopic (exact) mass is 464 g/mol. The van der Waals surface area contributed by atoms with E-state index in [4.69, 9.17) is 4.74 Å². The summed E-state index contributed by atoms with van der Waals surface area (Å²) in [4.78, 5) is 27.0. The number of aromatic nitrogens is 3. The first-order chi connectivity index (χ1) is 14.3. The van der Waals surface area contributed by atoms with Gasteiger partial charge in [0.15, 0.2) is 11.0 Å². The van der Waals surface area contributed by atoms with Gasteiger partial charge in [0.25, 0.3) is 0 Å². The average Bonchev–Trinajstić information content (AvgIpc) is 3.39. The molecule has 10 heteroatoms. The standard InChI is InChI=1S/C20H24N4O3S3/c1-6-13-8-14(19(26)27-7-2)18(30-13)21-16(25)10-29-20-23-22-17(24(20)5)15-9-28-12(4)11(15)3/h8-9H,6-7,10H2,1-5H3,(H,21,25). The number of anilines is 1. The van der Waals surface area contributed by atoms with Crippen molar-refractivity contribution in [2.24, 2.45) is 7.05 Å². The summed E-state index contributed by atoms with van der Waals surface area (Å²) < 4.78 is 7.00. The molecule has 0 aliphatic rings. The predicted octanol–water partition coefficient (Wildman–Crippen LogP) is 4.69. The molecule has 0 saturated carbocycles. The molecule has 1 amide bonds. The number of hydrogen-bond donors (Lipinski definition) is 1. The quantitative estimate of drug-likeness (QED) is 0.384. The van der Waals surface area contributed by atoms with Crippen LogP contribution in [0.25, 0.3) is 11.4 Å². The van der Waals surface area contributed by atoms with Gasteiger partial charge in [-0.3, -0.25) is 4.79 Å². The number of rotatable bonds is 8. The summed E-state index contributed by atoms with van der Waals surface area (Å²) in [5.41, 5.74) is 2.66. The Hall–Kier alpha value is -2.17. The zero-order chi connectivity index (χ0) is 21.8. The van der Waals surface area contributed by atoms with Crippen LogP contribution in [-0.4, -0.2) is 39.0 Å². The Morgan fingerprint density at radius 1 is 1.27 bits per heavy atom. The van der Waals surface area contributed by atoms with Gasteiger partial charge in [-0.25, -0.2) is 4.79 Å². The maximum atomic E-state index is 12.5. The summed E-state index contributed by atoms with van der Waals surface area (Å²) in [5, 5.41) is 14.7. The summed E-state index contributed by atoms with van der Waals surface area (Å²) in [5.74, 6) is 0.322. The van der Waals surface area contributed by atoms with Gasteiger partial charge in [0, 0.05) is 27.7 Å². The third kappa shape index (κ3) is 4.76. The van der Waals surface area contributed by atoms with Crippen molar-refractivity contribution in [2.75, 3.05) is 17.7 Å². The van der Waals surface area contributed by atoms with Crippen LogP contribution >= 0.6 is 34.4 Å². The topological polar surface area (TPSA) is 86.1 Å². The molecule has 3 rings (SSSR count). The zero-order valence-electron chi connectivity index (χ0n) is 17.6. The van der Waals surface area contributed by atoms with Crippen molar-refractivity contribution in [3.8, 4) is 11.4 Å². The van der Waals surface area contributed by atoms with Crippen molar-refractivity contribution in [3.05, 3.63) is 32.3 Å². The third-order valence-electron chi connectivity index (χ3n) is 4.57.